The van der Waals surface area contributed by atoms with Gasteiger partial charge in [0.25, 0.3) is 0 Å². The molecule has 0 bridgehead atoms. The Hall–Kier alpha value is -2.17. The van der Waals surface area contributed by atoms with Crippen LogP contribution in [0.15, 0.2) is 48.5 Å². The zero-order valence-corrected chi connectivity index (χ0v) is 14.8. The zero-order chi connectivity index (χ0) is 17.3. The van der Waals surface area contributed by atoms with Crippen molar-refractivity contribution < 1.29 is 0 Å². The van der Waals surface area contributed by atoms with Crippen LogP contribution in [-0.2, 0) is 5.41 Å². The van der Waals surface area contributed by atoms with E-state index in [9.17, 15) is 0 Å². The van der Waals surface area contributed by atoms with Crippen molar-refractivity contribution in [1.82, 2.24) is 15.2 Å². The van der Waals surface area contributed by atoms with Gasteiger partial charge in [-0.15, -0.1) is 0 Å². The highest BCUT2D eigenvalue weighted by Crippen LogP contribution is 2.25. The summed E-state index contributed by atoms with van der Waals surface area (Å²) in [4.78, 5) is 4.55. The molecule has 0 radical (unpaired) electrons. The fraction of sp³-hybridized carbons (Fsp3) is 0.263. The lowest BCUT2D eigenvalue weighted by molar-refractivity contribution is 0.590. The van der Waals surface area contributed by atoms with Gasteiger partial charge in [0.2, 0.25) is 0 Å². The molecule has 1 heterocycles. The molecule has 0 aliphatic rings. The van der Waals surface area contributed by atoms with Gasteiger partial charge in [0.05, 0.1) is 6.04 Å². The molecule has 5 heteroatoms. The summed E-state index contributed by atoms with van der Waals surface area (Å²) < 4.78 is 0. The average Bonchev–Trinajstić information content (AvgIpc) is 3.04. The minimum absolute atomic E-state index is 0.125. The van der Waals surface area contributed by atoms with E-state index in [0.29, 0.717) is 16.7 Å². The van der Waals surface area contributed by atoms with Crippen molar-refractivity contribution in [3.8, 4) is 11.4 Å². The molecule has 2 aromatic carbocycles. The number of nitrogens with two attached hydrogens (primary N) is 1. The van der Waals surface area contributed by atoms with Crippen molar-refractivity contribution in [3.63, 3.8) is 0 Å². The molecule has 0 fully saturated rings. The van der Waals surface area contributed by atoms with Crippen LogP contribution < -0.4 is 5.73 Å². The minimum Gasteiger partial charge on any atom is -0.318 e. The molecule has 1 atom stereocenters. The molecule has 0 amide bonds. The van der Waals surface area contributed by atoms with E-state index in [1.165, 1.54) is 5.56 Å². The maximum absolute atomic E-state index is 6.26. The zero-order valence-electron chi connectivity index (χ0n) is 14.0. The van der Waals surface area contributed by atoms with Gasteiger partial charge in [-0.25, -0.2) is 4.98 Å². The Morgan fingerprint density at radius 1 is 1.00 bits per heavy atom. The Balaban J connectivity index is 1.83. The van der Waals surface area contributed by atoms with E-state index in [1.807, 2.05) is 36.4 Å². The van der Waals surface area contributed by atoms with Crippen molar-refractivity contribution >= 4 is 11.6 Å². The molecule has 0 aliphatic heterocycles. The number of aromatic nitrogens is 3. The molecular weight excluding hydrogens is 320 g/mol. The number of H-pyrrole nitrogens is 1. The number of hydrogen-bond donors (Lipinski definition) is 2. The van der Waals surface area contributed by atoms with E-state index in [1.54, 1.807) is 0 Å². The highest BCUT2D eigenvalue weighted by molar-refractivity contribution is 6.30. The molecule has 4 nitrogen and oxygen atoms in total. The van der Waals surface area contributed by atoms with Gasteiger partial charge in [0.15, 0.2) is 5.82 Å². The van der Waals surface area contributed by atoms with E-state index in [2.05, 4.69) is 48.1 Å². The molecule has 3 aromatic rings. The molecule has 24 heavy (non-hydrogen) atoms. The van der Waals surface area contributed by atoms with E-state index >= 15 is 0 Å². The molecule has 0 spiro atoms. The third-order valence-corrected chi connectivity index (χ3v) is 4.29. The number of nitrogens with zero attached hydrogens (tertiary/aromatic N) is 2. The van der Waals surface area contributed by atoms with Gasteiger partial charge >= 0.3 is 0 Å². The Morgan fingerprint density at radius 2 is 1.62 bits per heavy atom. The molecule has 124 valence electrons. The van der Waals surface area contributed by atoms with Crippen LogP contribution in [0.25, 0.3) is 11.4 Å². The lowest BCUT2D eigenvalue weighted by Gasteiger charge is -2.18. The molecular formula is C19H21ClN4. The summed E-state index contributed by atoms with van der Waals surface area (Å²) in [6.45, 7) is 6.58. The van der Waals surface area contributed by atoms with Crippen LogP contribution in [0.4, 0.5) is 0 Å². The topological polar surface area (TPSA) is 67.6 Å². The number of aromatic amines is 1. The number of rotatable bonds is 3. The SMILES string of the molecule is CC(C)(C)c1ccc(-c2n[nH]c([C@@H](N)c3ccc(Cl)cc3)n2)cc1. The Bertz CT molecular complexity index is 814. The highest BCUT2D eigenvalue weighted by atomic mass is 35.5. The van der Waals surface area contributed by atoms with E-state index < -0.39 is 0 Å². The molecule has 3 rings (SSSR count). The molecule has 0 saturated carbocycles. The van der Waals surface area contributed by atoms with E-state index in [4.69, 9.17) is 17.3 Å². The first-order valence-electron chi connectivity index (χ1n) is 7.89. The quantitative estimate of drug-likeness (QED) is 0.739. The number of halogens is 1. The van der Waals surface area contributed by atoms with Crippen LogP contribution in [-0.4, -0.2) is 15.2 Å². The second-order valence-electron chi connectivity index (χ2n) is 6.90. The third-order valence-electron chi connectivity index (χ3n) is 4.04. The summed E-state index contributed by atoms with van der Waals surface area (Å²) in [6.07, 6.45) is 0. The summed E-state index contributed by atoms with van der Waals surface area (Å²) in [6, 6.07) is 15.4. The highest BCUT2D eigenvalue weighted by Gasteiger charge is 2.16. The molecule has 0 saturated heterocycles. The second kappa shape index (κ2) is 6.38. The first-order valence-corrected chi connectivity index (χ1v) is 8.26. The van der Waals surface area contributed by atoms with E-state index in [-0.39, 0.29) is 11.5 Å². The normalized spacial score (nSPS) is 13.0. The van der Waals surface area contributed by atoms with Crippen LogP contribution in [0.5, 0.6) is 0 Å². The maximum Gasteiger partial charge on any atom is 0.181 e. The largest absolute Gasteiger partial charge is 0.318 e. The Kier molecular flexibility index (Phi) is 4.43. The first-order chi connectivity index (χ1) is 11.3. The summed E-state index contributed by atoms with van der Waals surface area (Å²) in [7, 11) is 0. The minimum atomic E-state index is -0.364. The maximum atomic E-state index is 6.26. The fourth-order valence-corrected chi connectivity index (χ4v) is 2.62. The molecule has 3 N–H and O–H groups in total. The monoisotopic (exact) mass is 340 g/mol. The van der Waals surface area contributed by atoms with Gasteiger partial charge in [-0.2, -0.15) is 5.10 Å². The third kappa shape index (κ3) is 3.50. The summed E-state index contributed by atoms with van der Waals surface area (Å²) >= 11 is 5.91. The van der Waals surface area contributed by atoms with Gasteiger partial charge in [0.1, 0.15) is 5.82 Å². The van der Waals surface area contributed by atoms with Crippen LogP contribution >= 0.6 is 11.6 Å². The van der Waals surface area contributed by atoms with Crippen LogP contribution in [0, 0.1) is 0 Å². The second-order valence-corrected chi connectivity index (χ2v) is 7.34. The van der Waals surface area contributed by atoms with Crippen molar-refractivity contribution in [2.75, 3.05) is 0 Å². The van der Waals surface area contributed by atoms with Crippen LogP contribution in [0.2, 0.25) is 5.02 Å². The Morgan fingerprint density at radius 3 is 2.21 bits per heavy atom. The fourth-order valence-electron chi connectivity index (χ4n) is 2.49. The van der Waals surface area contributed by atoms with Crippen molar-refractivity contribution in [3.05, 3.63) is 70.5 Å². The van der Waals surface area contributed by atoms with Gasteiger partial charge in [-0.3, -0.25) is 5.10 Å². The average molecular weight is 341 g/mol. The standard InChI is InChI=1S/C19H21ClN4/c1-19(2,3)14-8-4-13(5-9-14)17-22-18(24-23-17)16(21)12-6-10-15(20)11-7-12/h4-11,16H,21H2,1-3H3,(H,22,23,24)/t16-/m0/s1. The molecule has 0 aliphatic carbocycles. The van der Waals surface area contributed by atoms with Crippen LogP contribution in [0.3, 0.4) is 0 Å². The van der Waals surface area contributed by atoms with Crippen LogP contribution in [0.1, 0.15) is 43.8 Å². The van der Waals surface area contributed by atoms with Gasteiger partial charge in [-0.05, 0) is 28.7 Å². The lowest BCUT2D eigenvalue weighted by atomic mass is 9.87. The van der Waals surface area contributed by atoms with Gasteiger partial charge in [0, 0.05) is 10.6 Å². The number of benzene rings is 2. The summed E-state index contributed by atoms with van der Waals surface area (Å²) in [5, 5.41) is 7.93. The predicted octanol–water partition coefficient (Wildman–Crippen LogP) is 4.47. The lowest BCUT2D eigenvalue weighted by Crippen LogP contribution is -2.13. The number of nitrogens with one attached hydrogen (secondary N) is 1. The predicted molar refractivity (Wildman–Crippen MR) is 98.0 cm³/mol. The van der Waals surface area contributed by atoms with Gasteiger partial charge in [-0.1, -0.05) is 68.8 Å². The molecule has 0 unspecified atom stereocenters. The van der Waals surface area contributed by atoms with E-state index in [0.717, 1.165) is 11.1 Å². The van der Waals surface area contributed by atoms with Crippen molar-refractivity contribution in [1.29, 1.82) is 0 Å². The summed E-state index contributed by atoms with van der Waals surface area (Å²) in [5.74, 6) is 1.28. The number of hydrogen-bond acceptors (Lipinski definition) is 3. The first kappa shape index (κ1) is 16.7. The summed E-state index contributed by atoms with van der Waals surface area (Å²) in [5.41, 5.74) is 9.57. The van der Waals surface area contributed by atoms with Gasteiger partial charge < -0.3 is 5.73 Å². The molecule has 1 aromatic heterocycles. The smallest absolute Gasteiger partial charge is 0.181 e. The van der Waals surface area contributed by atoms with Crippen molar-refractivity contribution in [2.45, 2.75) is 32.2 Å². The van der Waals surface area contributed by atoms with Crippen molar-refractivity contribution in [2.24, 2.45) is 5.73 Å². The Labute approximate surface area is 147 Å².